The first-order valence-corrected chi connectivity index (χ1v) is 20.0. The average molecular weight is 852 g/mol. The molecule has 0 spiro atoms. The van der Waals surface area contributed by atoms with Crippen LogP contribution in [0.15, 0.2) is 96.6 Å². The van der Waals surface area contributed by atoms with E-state index in [9.17, 15) is 0 Å². The standard InChI is InChI=1S/C21H25.C13H8Cl2.C13H21.2ClH.Zr/c1-20(2,3)16-9-7-14-11-15-8-10-17(21(4,5)6)13-19(15)18(14)12-16;14-12-5-1-10(2-6-12)9-11-3-7-13(15)8-4-11;1-5-6-7-11-8-9-12(10-11)13(2,3)4;;;/h7,9-10,12-13H,11H2,1-6H3;1-8H;9-11H,5-7H2,1-4H3;2*1H;/q-1;;-1;;;+2/p-2. The quantitative estimate of drug-likeness (QED) is 0.158. The molecule has 1 unspecified atom stereocenters. The fraction of sp³-hybridized carbons (Fsp3) is 0.383. The molecule has 1 atom stereocenters. The Morgan fingerprint density at radius 1 is 0.712 bits per heavy atom. The maximum absolute atomic E-state index is 5.86. The molecular weight excluding hydrogens is 798 g/mol. The molecule has 5 heteroatoms. The maximum Gasteiger partial charge on any atom is -1.00 e. The molecule has 0 saturated carbocycles. The Labute approximate surface area is 353 Å². The fourth-order valence-electron chi connectivity index (χ4n) is 5.95. The molecule has 0 aromatic heterocycles. The molecule has 4 aromatic carbocycles. The molecular formula is C47H54Cl4Zr-2. The Morgan fingerprint density at radius 2 is 1.23 bits per heavy atom. The van der Waals surface area contributed by atoms with E-state index < -0.39 is 0 Å². The first-order valence-electron chi connectivity index (χ1n) is 18.0. The molecule has 2 aliphatic rings. The summed E-state index contributed by atoms with van der Waals surface area (Å²) in [4.78, 5) is 0. The summed E-state index contributed by atoms with van der Waals surface area (Å²) in [6, 6.07) is 30.9. The zero-order chi connectivity index (χ0) is 36.9. The van der Waals surface area contributed by atoms with Crippen LogP contribution < -0.4 is 24.8 Å². The Balaban J connectivity index is 0.000000273. The first kappa shape index (κ1) is 46.4. The number of allylic oxidation sites excluding steroid dienone is 4. The molecule has 0 fully saturated rings. The number of halogens is 4. The van der Waals surface area contributed by atoms with E-state index in [1.165, 1.54) is 96.8 Å². The van der Waals surface area contributed by atoms with Gasteiger partial charge in [0.25, 0.3) is 0 Å². The second kappa shape index (κ2) is 19.7. The van der Waals surface area contributed by atoms with E-state index in [-0.39, 0.29) is 35.6 Å². The number of benzene rings is 4. The van der Waals surface area contributed by atoms with Gasteiger partial charge in [0.05, 0.1) is 0 Å². The summed E-state index contributed by atoms with van der Waals surface area (Å²) in [6.07, 6.45) is 12.9. The van der Waals surface area contributed by atoms with Crippen molar-refractivity contribution in [3.63, 3.8) is 0 Å². The largest absolute Gasteiger partial charge is 1.00 e. The number of rotatable bonds is 5. The van der Waals surface area contributed by atoms with Gasteiger partial charge in [-0.3, -0.25) is 6.08 Å². The number of hydrogen-bond acceptors (Lipinski definition) is 0. The SMILES string of the molecule is CC(C)(C)c1c[c-]c2c(c1)-c1cc(C(C)(C)C)ccc1C2.CCCCC1[C-]=CC(C(C)(C)C)=C1.Clc1ccc([C](=[Zr+2])c2ccc(Cl)cc2)cc1.[Cl-].[Cl-]. The summed E-state index contributed by atoms with van der Waals surface area (Å²) in [5.74, 6) is 0.592. The Hall–Kier alpha value is -1.73. The molecule has 0 saturated heterocycles. The zero-order valence-electron chi connectivity index (χ0n) is 32.6. The second-order valence-electron chi connectivity index (χ2n) is 16.6. The molecule has 0 N–H and O–H groups in total. The van der Waals surface area contributed by atoms with Gasteiger partial charge in [-0.25, -0.2) is 6.08 Å². The average Bonchev–Trinajstić information content (AvgIpc) is 3.69. The summed E-state index contributed by atoms with van der Waals surface area (Å²) in [5, 5.41) is 1.53. The predicted octanol–water partition coefficient (Wildman–Crippen LogP) is 7.91. The molecule has 0 bridgehead atoms. The number of fused-ring (bicyclic) bond motifs is 3. The molecule has 0 nitrogen and oxygen atoms in total. The summed E-state index contributed by atoms with van der Waals surface area (Å²) in [5.41, 5.74) is 12.9. The van der Waals surface area contributed by atoms with Gasteiger partial charge in [-0.15, -0.1) is 5.56 Å². The minimum atomic E-state index is 0. The van der Waals surface area contributed by atoms with Crippen molar-refractivity contribution in [2.75, 3.05) is 0 Å². The predicted molar refractivity (Wildman–Crippen MR) is 215 cm³/mol. The third-order valence-corrected chi connectivity index (χ3v) is 11.3. The van der Waals surface area contributed by atoms with Gasteiger partial charge in [0, 0.05) is 0 Å². The van der Waals surface area contributed by atoms with E-state index in [1.807, 2.05) is 48.5 Å². The second-order valence-corrected chi connectivity index (χ2v) is 18.8. The van der Waals surface area contributed by atoms with Crippen molar-refractivity contribution in [2.45, 2.75) is 106 Å². The van der Waals surface area contributed by atoms with Crippen molar-refractivity contribution in [3.8, 4) is 11.1 Å². The van der Waals surface area contributed by atoms with Gasteiger partial charge in [0.15, 0.2) is 0 Å². The van der Waals surface area contributed by atoms with Gasteiger partial charge in [0.2, 0.25) is 0 Å². The molecule has 2 aliphatic carbocycles. The Morgan fingerprint density at radius 3 is 1.69 bits per heavy atom. The Kier molecular flexibility index (Phi) is 17.6. The van der Waals surface area contributed by atoms with Crippen LogP contribution in [0.3, 0.4) is 0 Å². The van der Waals surface area contributed by atoms with Crippen LogP contribution in [0.5, 0.6) is 0 Å². The van der Waals surface area contributed by atoms with Crippen molar-refractivity contribution in [1.29, 1.82) is 0 Å². The van der Waals surface area contributed by atoms with Crippen molar-refractivity contribution in [1.82, 2.24) is 0 Å². The van der Waals surface area contributed by atoms with E-state index in [4.69, 9.17) is 23.2 Å². The normalized spacial score (nSPS) is 14.3. The molecule has 0 radical (unpaired) electrons. The third-order valence-electron chi connectivity index (χ3n) is 9.36. The minimum Gasteiger partial charge on any atom is -1.00 e. The van der Waals surface area contributed by atoms with E-state index in [2.05, 4.69) is 124 Å². The van der Waals surface area contributed by atoms with Gasteiger partial charge in [-0.2, -0.15) is 41.0 Å². The van der Waals surface area contributed by atoms with Crippen LogP contribution in [0, 0.1) is 23.5 Å². The van der Waals surface area contributed by atoms with Crippen LogP contribution in [0.25, 0.3) is 11.1 Å². The van der Waals surface area contributed by atoms with Gasteiger partial charge < -0.3 is 24.8 Å². The maximum atomic E-state index is 5.86. The molecule has 276 valence electrons. The van der Waals surface area contributed by atoms with Crippen LogP contribution in [0.1, 0.15) is 122 Å². The van der Waals surface area contributed by atoms with Crippen LogP contribution in [0.2, 0.25) is 10.0 Å². The summed E-state index contributed by atoms with van der Waals surface area (Å²) < 4.78 is 1.31. The molecule has 0 heterocycles. The summed E-state index contributed by atoms with van der Waals surface area (Å²) in [6.45, 7) is 22.7. The van der Waals surface area contributed by atoms with Gasteiger partial charge >= 0.3 is 120 Å². The van der Waals surface area contributed by atoms with Crippen molar-refractivity contribution < 1.29 is 49.0 Å². The van der Waals surface area contributed by atoms with E-state index in [1.54, 1.807) is 0 Å². The zero-order valence-corrected chi connectivity index (χ0v) is 38.1. The van der Waals surface area contributed by atoms with Crippen LogP contribution in [-0.2, 0) is 41.5 Å². The fourth-order valence-corrected chi connectivity index (χ4v) is 7.02. The van der Waals surface area contributed by atoms with E-state index in [0.717, 1.165) is 16.5 Å². The molecule has 0 aliphatic heterocycles. The smallest absolute Gasteiger partial charge is 1.00 e. The molecule has 4 aromatic rings. The minimum absolute atomic E-state index is 0. The van der Waals surface area contributed by atoms with E-state index >= 15 is 0 Å². The van der Waals surface area contributed by atoms with Gasteiger partial charge in [-0.1, -0.05) is 135 Å². The third kappa shape index (κ3) is 12.9. The first-order chi connectivity index (χ1) is 23.4. The van der Waals surface area contributed by atoms with Crippen LogP contribution in [-0.4, -0.2) is 3.21 Å². The van der Waals surface area contributed by atoms with Crippen LogP contribution >= 0.6 is 23.2 Å². The monoisotopic (exact) mass is 848 g/mol. The van der Waals surface area contributed by atoms with Crippen LogP contribution in [0.4, 0.5) is 0 Å². The summed E-state index contributed by atoms with van der Waals surface area (Å²) in [7, 11) is 0. The molecule has 6 rings (SSSR count). The van der Waals surface area contributed by atoms with E-state index in [0.29, 0.717) is 11.3 Å². The van der Waals surface area contributed by atoms with Crippen molar-refractivity contribution in [2.24, 2.45) is 11.3 Å². The van der Waals surface area contributed by atoms with Crippen molar-refractivity contribution >= 4 is 26.4 Å². The van der Waals surface area contributed by atoms with Gasteiger partial charge in [0.1, 0.15) is 0 Å². The topological polar surface area (TPSA) is 0 Å². The number of unbranched alkanes of at least 4 members (excludes halogenated alkanes) is 1. The Bertz CT molecular complexity index is 1720. The number of hydrogen-bond donors (Lipinski definition) is 0. The molecule has 0 amide bonds. The van der Waals surface area contributed by atoms with Gasteiger partial charge in [-0.05, 0) is 17.4 Å². The summed E-state index contributed by atoms with van der Waals surface area (Å²) >= 11 is 13.1. The van der Waals surface area contributed by atoms with Crippen molar-refractivity contribution in [3.05, 3.63) is 152 Å². The molecule has 52 heavy (non-hydrogen) atoms.